The summed E-state index contributed by atoms with van der Waals surface area (Å²) >= 11 is 0. The van der Waals surface area contributed by atoms with Gasteiger partial charge in [-0.25, -0.2) is 0 Å². The van der Waals surface area contributed by atoms with Crippen LogP contribution in [0.1, 0.15) is 11.1 Å². The molecule has 1 heterocycles. The van der Waals surface area contributed by atoms with Crippen LogP contribution >= 0.6 is 0 Å². The molecule has 0 aliphatic rings. The number of carbonyl (C=O) groups excluding carboxylic acids is 1. The Morgan fingerprint density at radius 1 is 0.964 bits per heavy atom. The maximum atomic E-state index is 12.2. The molecule has 1 aromatic heterocycles. The van der Waals surface area contributed by atoms with Crippen molar-refractivity contribution in [3.63, 3.8) is 0 Å². The van der Waals surface area contributed by atoms with Gasteiger partial charge < -0.3 is 15.4 Å². The lowest BCUT2D eigenvalue weighted by Gasteiger charge is -2.12. The van der Waals surface area contributed by atoms with Gasteiger partial charge in [0.05, 0.1) is 11.9 Å². The molecule has 28 heavy (non-hydrogen) atoms. The maximum absolute atomic E-state index is 12.2. The van der Waals surface area contributed by atoms with E-state index in [0.717, 1.165) is 21.9 Å². The number of H-pyrrole nitrogens is 1. The third kappa shape index (κ3) is 3.60. The first-order chi connectivity index (χ1) is 13.6. The number of aromatic amines is 1. The van der Waals surface area contributed by atoms with Crippen LogP contribution in [0.15, 0.2) is 71.5 Å². The first-order valence-electron chi connectivity index (χ1n) is 9.19. The lowest BCUT2D eigenvalue weighted by molar-refractivity contribution is -0.120. The maximum Gasteiger partial charge on any atom is 0.252 e. The molecule has 0 fully saturated rings. The summed E-state index contributed by atoms with van der Waals surface area (Å²) in [5.74, 6) is -0.0617. The molecular weight excluding hydrogens is 352 g/mol. The van der Waals surface area contributed by atoms with Crippen LogP contribution in [0.3, 0.4) is 0 Å². The van der Waals surface area contributed by atoms with E-state index < -0.39 is 0 Å². The van der Waals surface area contributed by atoms with Crippen molar-refractivity contribution in [3.8, 4) is 5.75 Å². The van der Waals surface area contributed by atoms with Crippen molar-refractivity contribution in [1.82, 2.24) is 10.3 Å². The first-order valence-corrected chi connectivity index (χ1v) is 9.19. The molecule has 3 N–H and O–H groups in total. The van der Waals surface area contributed by atoms with Crippen molar-refractivity contribution < 1.29 is 9.90 Å². The Bertz CT molecular complexity index is 1210. The molecule has 0 unspecified atom stereocenters. The van der Waals surface area contributed by atoms with E-state index >= 15 is 0 Å². The fraction of sp³-hybridized carbons (Fsp3) is 0.130. The van der Waals surface area contributed by atoms with Gasteiger partial charge in [0.25, 0.3) is 5.56 Å². The van der Waals surface area contributed by atoms with Crippen LogP contribution in [0.25, 0.3) is 21.7 Å². The standard InChI is InChI=1S/C23H20N2O3/c26-19-14-21(28)25-18-10-9-16-7-4-8-17(22(16)23(18)19)11-12-24-20(27)13-15-5-2-1-3-6-15/h1-10,14H,11-13H2,(H,24,27)(H2,25,26,28). The summed E-state index contributed by atoms with van der Waals surface area (Å²) in [4.78, 5) is 26.6. The fourth-order valence-electron chi connectivity index (χ4n) is 3.58. The SMILES string of the molecule is O=C(Cc1ccccc1)NCCc1cccc2ccc3[nH]c(=O)cc(O)c3c12. The van der Waals surface area contributed by atoms with Gasteiger partial charge in [-0.2, -0.15) is 0 Å². The zero-order chi connectivity index (χ0) is 19.5. The summed E-state index contributed by atoms with van der Waals surface area (Å²) in [7, 11) is 0. The van der Waals surface area contributed by atoms with Crippen molar-refractivity contribution in [1.29, 1.82) is 0 Å². The molecule has 0 saturated heterocycles. The largest absolute Gasteiger partial charge is 0.507 e. The van der Waals surface area contributed by atoms with Gasteiger partial charge in [0, 0.05) is 18.0 Å². The van der Waals surface area contributed by atoms with Crippen molar-refractivity contribution in [2.24, 2.45) is 0 Å². The molecule has 0 aliphatic carbocycles. The summed E-state index contributed by atoms with van der Waals surface area (Å²) in [6.07, 6.45) is 0.969. The predicted molar refractivity (Wildman–Crippen MR) is 111 cm³/mol. The molecule has 0 atom stereocenters. The number of hydrogen-bond donors (Lipinski definition) is 3. The lowest BCUT2D eigenvalue weighted by Crippen LogP contribution is -2.27. The summed E-state index contributed by atoms with van der Waals surface area (Å²) in [6.45, 7) is 0.491. The van der Waals surface area contributed by atoms with E-state index in [4.69, 9.17) is 0 Å². The van der Waals surface area contributed by atoms with Crippen molar-refractivity contribution >= 4 is 27.6 Å². The Morgan fingerprint density at radius 2 is 1.79 bits per heavy atom. The number of aromatic hydroxyl groups is 1. The van der Waals surface area contributed by atoms with E-state index in [9.17, 15) is 14.7 Å². The number of aromatic nitrogens is 1. The zero-order valence-corrected chi connectivity index (χ0v) is 15.2. The Kier molecular flexibility index (Phi) is 4.81. The summed E-state index contributed by atoms with van der Waals surface area (Å²) in [6, 6.07) is 20.4. The number of benzene rings is 3. The molecule has 0 spiro atoms. The van der Waals surface area contributed by atoms with Crippen LogP contribution in [0.2, 0.25) is 0 Å². The molecule has 0 aliphatic heterocycles. The third-order valence-corrected chi connectivity index (χ3v) is 4.84. The highest BCUT2D eigenvalue weighted by atomic mass is 16.3. The second kappa shape index (κ2) is 7.56. The lowest BCUT2D eigenvalue weighted by atomic mass is 9.97. The van der Waals surface area contributed by atoms with Gasteiger partial charge in [0.1, 0.15) is 5.75 Å². The van der Waals surface area contributed by atoms with Gasteiger partial charge in [0.15, 0.2) is 0 Å². The number of fused-ring (bicyclic) bond motifs is 3. The van der Waals surface area contributed by atoms with Crippen LogP contribution < -0.4 is 10.9 Å². The van der Waals surface area contributed by atoms with Crippen LogP contribution in [0.5, 0.6) is 5.75 Å². The molecule has 1 amide bonds. The number of rotatable bonds is 5. The highest BCUT2D eigenvalue weighted by Gasteiger charge is 2.11. The van der Waals surface area contributed by atoms with Crippen LogP contribution in [-0.2, 0) is 17.6 Å². The number of hydrogen-bond acceptors (Lipinski definition) is 3. The highest BCUT2D eigenvalue weighted by molar-refractivity contribution is 6.10. The van der Waals surface area contributed by atoms with Crippen LogP contribution in [-0.4, -0.2) is 22.5 Å². The number of carbonyl (C=O) groups is 1. The van der Waals surface area contributed by atoms with Gasteiger partial charge in [-0.05, 0) is 34.4 Å². The van der Waals surface area contributed by atoms with Gasteiger partial charge in [-0.3, -0.25) is 9.59 Å². The minimum Gasteiger partial charge on any atom is -0.507 e. The quantitative estimate of drug-likeness (QED) is 0.470. The normalized spacial score (nSPS) is 11.0. The van der Waals surface area contributed by atoms with Gasteiger partial charge in [-0.1, -0.05) is 54.6 Å². The summed E-state index contributed by atoms with van der Waals surface area (Å²) < 4.78 is 0. The number of nitrogens with one attached hydrogen (secondary N) is 2. The Morgan fingerprint density at radius 3 is 2.61 bits per heavy atom. The Labute approximate surface area is 161 Å². The van der Waals surface area contributed by atoms with Crippen molar-refractivity contribution in [3.05, 3.63) is 88.2 Å². The van der Waals surface area contributed by atoms with E-state index in [-0.39, 0.29) is 17.2 Å². The Balaban J connectivity index is 1.58. The molecule has 3 aromatic carbocycles. The monoisotopic (exact) mass is 372 g/mol. The molecule has 4 aromatic rings. The van der Waals surface area contributed by atoms with Crippen LogP contribution in [0.4, 0.5) is 0 Å². The molecule has 5 heteroatoms. The second-order valence-corrected chi connectivity index (χ2v) is 6.78. The number of pyridine rings is 1. The van der Waals surface area contributed by atoms with Crippen molar-refractivity contribution in [2.45, 2.75) is 12.8 Å². The molecule has 140 valence electrons. The van der Waals surface area contributed by atoms with Crippen LogP contribution in [0, 0.1) is 0 Å². The van der Waals surface area contributed by atoms with E-state index in [1.54, 1.807) is 6.07 Å². The van der Waals surface area contributed by atoms with E-state index in [1.165, 1.54) is 6.07 Å². The molecule has 0 bridgehead atoms. The third-order valence-electron chi connectivity index (χ3n) is 4.84. The summed E-state index contributed by atoms with van der Waals surface area (Å²) in [5.41, 5.74) is 2.24. The highest BCUT2D eigenvalue weighted by Crippen LogP contribution is 2.32. The minimum absolute atomic E-state index is 0.0246. The number of amides is 1. The van der Waals surface area contributed by atoms with Gasteiger partial charge >= 0.3 is 0 Å². The van der Waals surface area contributed by atoms with E-state index in [1.807, 2.05) is 54.6 Å². The summed E-state index contributed by atoms with van der Waals surface area (Å²) in [5, 5.41) is 15.8. The molecule has 4 rings (SSSR count). The fourth-order valence-corrected chi connectivity index (χ4v) is 3.58. The Hall–Kier alpha value is -3.60. The van der Waals surface area contributed by atoms with E-state index in [0.29, 0.717) is 30.3 Å². The second-order valence-electron chi connectivity index (χ2n) is 6.78. The minimum atomic E-state index is -0.338. The van der Waals surface area contributed by atoms with Crippen molar-refractivity contribution in [2.75, 3.05) is 6.54 Å². The van der Waals surface area contributed by atoms with Gasteiger partial charge in [0.2, 0.25) is 5.91 Å². The molecule has 0 saturated carbocycles. The molecular formula is C23H20N2O3. The molecule has 5 nitrogen and oxygen atoms in total. The first kappa shape index (κ1) is 17.8. The molecule has 0 radical (unpaired) electrons. The predicted octanol–water partition coefficient (Wildman–Crippen LogP) is 3.29. The topological polar surface area (TPSA) is 82.2 Å². The van der Waals surface area contributed by atoms with Gasteiger partial charge in [-0.15, -0.1) is 0 Å². The zero-order valence-electron chi connectivity index (χ0n) is 15.2. The average molecular weight is 372 g/mol. The van der Waals surface area contributed by atoms with E-state index in [2.05, 4.69) is 10.3 Å². The average Bonchev–Trinajstić information content (AvgIpc) is 2.68. The smallest absolute Gasteiger partial charge is 0.252 e.